The van der Waals surface area contributed by atoms with Gasteiger partial charge in [-0.25, -0.2) is 4.99 Å². The van der Waals surface area contributed by atoms with Crippen molar-refractivity contribution in [2.75, 3.05) is 32.8 Å². The molecule has 0 aromatic carbocycles. The van der Waals surface area contributed by atoms with Crippen molar-refractivity contribution in [1.82, 2.24) is 20.4 Å². The summed E-state index contributed by atoms with van der Waals surface area (Å²) in [6.45, 7) is 8.60. The molecule has 0 bridgehead atoms. The lowest BCUT2D eigenvalue weighted by molar-refractivity contribution is -0.0721. The molecular formula is C18H31N5O3. The predicted octanol–water partition coefficient (Wildman–Crippen LogP) is 1.89. The summed E-state index contributed by atoms with van der Waals surface area (Å²) < 4.78 is 17.0. The van der Waals surface area contributed by atoms with Crippen molar-refractivity contribution in [1.29, 1.82) is 0 Å². The third kappa shape index (κ3) is 5.67. The average Bonchev–Trinajstić information content (AvgIpc) is 3.10. The van der Waals surface area contributed by atoms with Gasteiger partial charge in [-0.1, -0.05) is 5.16 Å². The van der Waals surface area contributed by atoms with Crippen LogP contribution in [0.25, 0.3) is 0 Å². The number of guanidine groups is 1. The fourth-order valence-electron chi connectivity index (χ4n) is 3.39. The number of nitrogens with one attached hydrogen (secondary N) is 1. The first-order valence-corrected chi connectivity index (χ1v) is 9.80. The lowest BCUT2D eigenvalue weighted by Gasteiger charge is -2.35. The molecule has 1 unspecified atom stereocenters. The van der Waals surface area contributed by atoms with Gasteiger partial charge in [-0.05, 0) is 46.0 Å². The quantitative estimate of drug-likeness (QED) is 0.609. The summed E-state index contributed by atoms with van der Waals surface area (Å²) in [6.07, 6.45) is 6.20. The van der Waals surface area contributed by atoms with Crippen LogP contribution in [0.4, 0.5) is 0 Å². The molecule has 0 amide bonds. The summed E-state index contributed by atoms with van der Waals surface area (Å²) in [7, 11) is 0. The number of piperidine rings is 1. The van der Waals surface area contributed by atoms with Crippen LogP contribution in [0.3, 0.4) is 0 Å². The number of likely N-dealkylation sites (tertiary alicyclic amines) is 1. The van der Waals surface area contributed by atoms with Crippen molar-refractivity contribution in [2.24, 2.45) is 4.99 Å². The van der Waals surface area contributed by atoms with Crippen molar-refractivity contribution in [3.05, 3.63) is 11.7 Å². The van der Waals surface area contributed by atoms with Crippen molar-refractivity contribution >= 4 is 5.96 Å². The first-order valence-electron chi connectivity index (χ1n) is 9.80. The maximum atomic E-state index is 6.10. The van der Waals surface area contributed by atoms with E-state index < -0.39 is 0 Å². The normalized spacial score (nSPS) is 22.6. The number of hydrogen-bond acceptors (Lipinski definition) is 6. The van der Waals surface area contributed by atoms with Crippen LogP contribution in [-0.2, 0) is 16.0 Å². The minimum Gasteiger partial charge on any atom is -0.376 e. The minimum absolute atomic E-state index is 0.290. The zero-order chi connectivity index (χ0) is 18.2. The van der Waals surface area contributed by atoms with Crippen LogP contribution >= 0.6 is 0 Å². The summed E-state index contributed by atoms with van der Waals surface area (Å²) in [5.74, 6) is 2.08. The molecule has 0 radical (unpaired) electrons. The van der Waals surface area contributed by atoms with E-state index in [1.807, 2.05) is 6.92 Å². The Balaban J connectivity index is 1.44. The molecule has 3 rings (SSSR count). The molecule has 1 aromatic heterocycles. The van der Waals surface area contributed by atoms with Crippen LogP contribution in [0.5, 0.6) is 0 Å². The predicted molar refractivity (Wildman–Crippen MR) is 98.0 cm³/mol. The van der Waals surface area contributed by atoms with Gasteiger partial charge in [0.2, 0.25) is 5.89 Å². The smallest absolute Gasteiger partial charge is 0.248 e. The van der Waals surface area contributed by atoms with Crippen LogP contribution in [0, 0.1) is 6.92 Å². The van der Waals surface area contributed by atoms with E-state index in [4.69, 9.17) is 14.0 Å². The van der Waals surface area contributed by atoms with E-state index in [9.17, 15) is 0 Å². The zero-order valence-corrected chi connectivity index (χ0v) is 15.9. The van der Waals surface area contributed by atoms with Gasteiger partial charge in [0.25, 0.3) is 0 Å². The van der Waals surface area contributed by atoms with Gasteiger partial charge >= 0.3 is 0 Å². The van der Waals surface area contributed by atoms with Gasteiger partial charge in [-0.3, -0.25) is 0 Å². The highest BCUT2D eigenvalue weighted by Crippen LogP contribution is 2.18. The van der Waals surface area contributed by atoms with Crippen LogP contribution in [0.2, 0.25) is 0 Å². The summed E-state index contributed by atoms with van der Waals surface area (Å²) in [6, 6.07) is 0. The van der Waals surface area contributed by atoms with E-state index in [0.717, 1.165) is 58.1 Å². The average molecular weight is 365 g/mol. The second-order valence-electron chi connectivity index (χ2n) is 6.91. The largest absolute Gasteiger partial charge is 0.376 e. The number of aliphatic imine (C=N–C) groups is 1. The summed E-state index contributed by atoms with van der Waals surface area (Å²) in [5.41, 5.74) is 0. The van der Waals surface area contributed by atoms with Gasteiger partial charge < -0.3 is 24.2 Å². The Morgan fingerprint density at radius 1 is 1.31 bits per heavy atom. The van der Waals surface area contributed by atoms with Crippen LogP contribution < -0.4 is 5.32 Å². The molecule has 1 N–H and O–H groups in total. The highest BCUT2D eigenvalue weighted by atomic mass is 16.5. The zero-order valence-electron chi connectivity index (χ0n) is 15.9. The van der Waals surface area contributed by atoms with Crippen LogP contribution in [-0.4, -0.2) is 66.1 Å². The van der Waals surface area contributed by atoms with E-state index in [-0.39, 0.29) is 0 Å². The molecular weight excluding hydrogens is 334 g/mol. The molecule has 8 heteroatoms. The maximum absolute atomic E-state index is 6.10. The third-order valence-electron chi connectivity index (χ3n) is 4.80. The van der Waals surface area contributed by atoms with Crippen molar-refractivity contribution < 1.29 is 14.0 Å². The Morgan fingerprint density at radius 3 is 2.81 bits per heavy atom. The fraction of sp³-hybridized carbons (Fsp3) is 0.833. The summed E-state index contributed by atoms with van der Waals surface area (Å²) in [5, 5.41) is 7.16. The van der Waals surface area contributed by atoms with Crippen molar-refractivity contribution in [3.63, 3.8) is 0 Å². The van der Waals surface area contributed by atoms with Gasteiger partial charge in [0.1, 0.15) is 6.54 Å². The Kier molecular flexibility index (Phi) is 7.25. The van der Waals surface area contributed by atoms with Crippen molar-refractivity contribution in [2.45, 2.75) is 64.7 Å². The second kappa shape index (κ2) is 9.87. The molecule has 2 aliphatic rings. The standard InChI is InChI=1S/C18H31N5O3/c1-3-19-18(20-12-17-21-14(2)22-26-17)23-9-7-15(8-10-23)25-13-16-6-4-5-11-24-16/h15-16H,3-13H2,1-2H3,(H,19,20). The highest BCUT2D eigenvalue weighted by Gasteiger charge is 2.23. The van der Waals surface area contributed by atoms with Gasteiger partial charge in [0.15, 0.2) is 11.8 Å². The van der Waals surface area contributed by atoms with Gasteiger partial charge in [-0.2, -0.15) is 4.98 Å². The molecule has 1 atom stereocenters. The molecule has 0 spiro atoms. The van der Waals surface area contributed by atoms with Gasteiger partial charge in [0.05, 0.1) is 18.8 Å². The molecule has 0 aliphatic carbocycles. The first-order chi connectivity index (χ1) is 12.7. The van der Waals surface area contributed by atoms with Crippen molar-refractivity contribution in [3.8, 4) is 0 Å². The molecule has 1 aromatic rings. The molecule has 0 saturated carbocycles. The molecule has 2 aliphatic heterocycles. The lowest BCUT2D eigenvalue weighted by atomic mass is 10.1. The van der Waals surface area contributed by atoms with E-state index in [2.05, 4.69) is 32.3 Å². The number of aryl methyl sites for hydroxylation is 1. The SMILES string of the molecule is CCNC(=NCc1nc(C)no1)N1CCC(OCC2CCCCO2)CC1. The van der Waals surface area contributed by atoms with E-state index in [1.165, 1.54) is 12.8 Å². The third-order valence-corrected chi connectivity index (χ3v) is 4.80. The van der Waals surface area contributed by atoms with Gasteiger partial charge in [-0.15, -0.1) is 0 Å². The minimum atomic E-state index is 0.290. The monoisotopic (exact) mass is 365 g/mol. The lowest BCUT2D eigenvalue weighted by Crippen LogP contribution is -2.47. The van der Waals surface area contributed by atoms with Gasteiger partial charge in [0, 0.05) is 26.2 Å². The number of ether oxygens (including phenoxy) is 2. The van der Waals surface area contributed by atoms with Crippen LogP contribution in [0.1, 0.15) is 50.7 Å². The number of hydrogen-bond donors (Lipinski definition) is 1. The molecule has 146 valence electrons. The number of aromatic nitrogens is 2. The Morgan fingerprint density at radius 2 is 2.15 bits per heavy atom. The second-order valence-corrected chi connectivity index (χ2v) is 6.91. The fourth-order valence-corrected chi connectivity index (χ4v) is 3.39. The van der Waals surface area contributed by atoms with E-state index in [0.29, 0.717) is 30.5 Å². The summed E-state index contributed by atoms with van der Waals surface area (Å²) >= 11 is 0. The number of nitrogens with zero attached hydrogens (tertiary/aromatic N) is 4. The molecule has 3 heterocycles. The highest BCUT2D eigenvalue weighted by molar-refractivity contribution is 5.80. The molecule has 8 nitrogen and oxygen atoms in total. The Labute approximate surface area is 155 Å². The first kappa shape index (κ1) is 19.1. The van der Waals surface area contributed by atoms with E-state index in [1.54, 1.807) is 0 Å². The maximum Gasteiger partial charge on any atom is 0.248 e. The van der Waals surface area contributed by atoms with Crippen LogP contribution in [0.15, 0.2) is 9.52 Å². The molecule has 2 fully saturated rings. The Hall–Kier alpha value is -1.67. The topological polar surface area (TPSA) is 85.0 Å². The Bertz CT molecular complexity index is 563. The molecule has 26 heavy (non-hydrogen) atoms. The number of rotatable bonds is 6. The van der Waals surface area contributed by atoms with E-state index >= 15 is 0 Å². The molecule has 2 saturated heterocycles. The summed E-state index contributed by atoms with van der Waals surface area (Å²) in [4.78, 5) is 11.1.